The smallest absolute Gasteiger partial charge is 0.318 e. The van der Waals surface area contributed by atoms with Crippen LogP contribution in [0.4, 0.5) is 17.1 Å². The molecule has 0 spiro atoms. The number of nitro groups is 2. The quantitative estimate of drug-likeness (QED) is 0.116. The Morgan fingerprint density at radius 3 is 2.33 bits per heavy atom. The highest BCUT2D eigenvalue weighted by Gasteiger charge is 2.21. The normalized spacial score (nSPS) is 11.0. The second kappa shape index (κ2) is 11.3. The zero-order valence-corrected chi connectivity index (χ0v) is 21.7. The highest BCUT2D eigenvalue weighted by molar-refractivity contribution is 6.09. The highest BCUT2D eigenvalue weighted by atomic mass is 16.6. The fraction of sp³-hybridized carbons (Fsp3) is 0.103. The van der Waals surface area contributed by atoms with Crippen LogP contribution in [0.3, 0.4) is 0 Å². The topological polar surface area (TPSA) is 153 Å². The number of nitrogens with one attached hydrogen (secondary N) is 1. The molecule has 0 atom stereocenters. The largest absolute Gasteiger partial charge is 0.450 e. The van der Waals surface area contributed by atoms with Crippen molar-refractivity contribution in [2.75, 3.05) is 5.32 Å². The van der Waals surface area contributed by atoms with Gasteiger partial charge in [0.2, 0.25) is 5.75 Å². The minimum absolute atomic E-state index is 0.0461. The summed E-state index contributed by atoms with van der Waals surface area (Å²) in [5.41, 5.74) is 3.67. The molecule has 1 amide bonds. The van der Waals surface area contributed by atoms with Gasteiger partial charge in [-0.3, -0.25) is 25.0 Å². The van der Waals surface area contributed by atoms with Crippen LogP contribution in [0.2, 0.25) is 0 Å². The Balaban J connectivity index is 1.58. The lowest BCUT2D eigenvalue weighted by atomic mass is 10.1. The van der Waals surface area contributed by atoms with E-state index < -0.39 is 27.1 Å². The number of amides is 1. The molecule has 40 heavy (non-hydrogen) atoms. The third-order valence-corrected chi connectivity index (χ3v) is 6.08. The predicted molar refractivity (Wildman–Crippen MR) is 148 cm³/mol. The van der Waals surface area contributed by atoms with Gasteiger partial charge in [-0.1, -0.05) is 12.1 Å². The van der Waals surface area contributed by atoms with E-state index in [0.29, 0.717) is 17.0 Å². The molecule has 0 saturated carbocycles. The van der Waals surface area contributed by atoms with Crippen LogP contribution in [0.25, 0.3) is 11.8 Å². The van der Waals surface area contributed by atoms with Crippen molar-refractivity contribution < 1.29 is 19.4 Å². The van der Waals surface area contributed by atoms with E-state index in [1.165, 1.54) is 12.1 Å². The summed E-state index contributed by atoms with van der Waals surface area (Å²) in [5.74, 6) is -0.348. The molecule has 0 bridgehead atoms. The molecule has 0 aliphatic heterocycles. The number of nitrogens with zero attached hydrogens (tertiary/aromatic N) is 4. The van der Waals surface area contributed by atoms with Crippen molar-refractivity contribution in [1.82, 2.24) is 4.57 Å². The molecule has 1 heterocycles. The van der Waals surface area contributed by atoms with Gasteiger partial charge in [-0.25, -0.2) is 0 Å². The number of anilines is 1. The molecule has 0 radical (unpaired) electrons. The van der Waals surface area contributed by atoms with E-state index in [-0.39, 0.29) is 11.3 Å². The Kier molecular flexibility index (Phi) is 7.72. The first-order chi connectivity index (χ1) is 19.1. The Labute approximate surface area is 228 Å². The van der Waals surface area contributed by atoms with Crippen LogP contribution >= 0.6 is 0 Å². The van der Waals surface area contributed by atoms with Gasteiger partial charge in [0.15, 0.2) is 0 Å². The van der Waals surface area contributed by atoms with Gasteiger partial charge in [0, 0.05) is 28.8 Å². The van der Waals surface area contributed by atoms with Crippen molar-refractivity contribution in [3.8, 4) is 23.3 Å². The second-order valence-electron chi connectivity index (χ2n) is 8.92. The average molecular weight is 538 g/mol. The van der Waals surface area contributed by atoms with Crippen LogP contribution in [-0.2, 0) is 4.79 Å². The summed E-state index contributed by atoms with van der Waals surface area (Å²) in [6, 6.07) is 21.0. The molecular formula is C29H23N5O6. The lowest BCUT2D eigenvalue weighted by Crippen LogP contribution is -2.13. The first kappa shape index (κ1) is 27.3. The summed E-state index contributed by atoms with van der Waals surface area (Å²) in [6.45, 7) is 5.65. The molecule has 0 unspecified atom stereocenters. The van der Waals surface area contributed by atoms with Crippen molar-refractivity contribution in [1.29, 1.82) is 5.26 Å². The fourth-order valence-electron chi connectivity index (χ4n) is 4.19. The van der Waals surface area contributed by atoms with Crippen LogP contribution in [0.5, 0.6) is 11.5 Å². The number of carbonyl (C=O) groups is 1. The fourth-order valence-corrected chi connectivity index (χ4v) is 4.19. The molecule has 3 aromatic carbocycles. The average Bonchev–Trinajstić information content (AvgIpc) is 3.19. The molecule has 11 heteroatoms. The van der Waals surface area contributed by atoms with Crippen LogP contribution in [0, 0.1) is 52.3 Å². The minimum Gasteiger partial charge on any atom is -0.450 e. The molecular weight excluding hydrogens is 514 g/mol. The van der Waals surface area contributed by atoms with Crippen molar-refractivity contribution >= 4 is 29.0 Å². The van der Waals surface area contributed by atoms with Crippen LogP contribution < -0.4 is 10.1 Å². The number of hydrogen-bond donors (Lipinski definition) is 1. The van der Waals surface area contributed by atoms with Gasteiger partial charge in [-0.05, 0) is 86.5 Å². The van der Waals surface area contributed by atoms with Gasteiger partial charge in [0.05, 0.1) is 15.9 Å². The van der Waals surface area contributed by atoms with Crippen LogP contribution in [-0.4, -0.2) is 20.3 Å². The van der Waals surface area contributed by atoms with Crippen LogP contribution in [0.15, 0.2) is 78.4 Å². The zero-order chi connectivity index (χ0) is 29.0. The second-order valence-corrected chi connectivity index (χ2v) is 8.92. The Morgan fingerprint density at radius 1 is 0.975 bits per heavy atom. The summed E-state index contributed by atoms with van der Waals surface area (Å²) in [6.07, 6.45) is 1.54. The molecule has 0 aliphatic carbocycles. The summed E-state index contributed by atoms with van der Waals surface area (Å²) in [5, 5.41) is 34.8. The van der Waals surface area contributed by atoms with E-state index in [1.54, 1.807) is 30.3 Å². The molecule has 4 rings (SSSR count). The van der Waals surface area contributed by atoms with Crippen LogP contribution in [0.1, 0.15) is 22.5 Å². The van der Waals surface area contributed by atoms with Gasteiger partial charge < -0.3 is 14.6 Å². The standard InChI is InChI=1S/C29H23N5O6/c1-18-5-4-6-23(13-18)31-29(35)22(17-30)15-21-14-19(2)32(20(21)3)24-7-10-26(11-8-24)40-28-12-9-25(33(36)37)16-27(28)34(38)39/h4-16H,1-3H3,(H,31,35)/b22-15-. The van der Waals surface area contributed by atoms with Crippen molar-refractivity contribution in [2.45, 2.75) is 20.8 Å². The first-order valence-electron chi connectivity index (χ1n) is 12.0. The number of rotatable bonds is 8. The molecule has 11 nitrogen and oxygen atoms in total. The third-order valence-electron chi connectivity index (χ3n) is 6.08. The molecule has 200 valence electrons. The number of nitriles is 1. The SMILES string of the molecule is Cc1cccc(NC(=O)/C(C#N)=C\c2cc(C)n(-c3ccc(Oc4ccc([N+](=O)[O-])cc4[N+](=O)[O-])cc3)c2C)c1. The molecule has 0 aliphatic rings. The summed E-state index contributed by atoms with van der Waals surface area (Å²) < 4.78 is 7.58. The Bertz CT molecular complexity index is 1710. The summed E-state index contributed by atoms with van der Waals surface area (Å²) >= 11 is 0. The highest BCUT2D eigenvalue weighted by Crippen LogP contribution is 2.35. The molecule has 4 aromatic rings. The van der Waals surface area contributed by atoms with Crippen molar-refractivity contribution in [3.05, 3.63) is 121 Å². The number of aromatic nitrogens is 1. The van der Waals surface area contributed by atoms with Gasteiger partial charge in [-0.15, -0.1) is 0 Å². The lowest BCUT2D eigenvalue weighted by Gasteiger charge is -2.11. The number of non-ortho nitro benzene ring substituents is 1. The van der Waals surface area contributed by atoms with E-state index >= 15 is 0 Å². The molecule has 1 N–H and O–H groups in total. The van der Waals surface area contributed by atoms with Gasteiger partial charge >= 0.3 is 5.69 Å². The maximum absolute atomic E-state index is 12.7. The van der Waals surface area contributed by atoms with Gasteiger partial charge in [0.1, 0.15) is 17.4 Å². The Morgan fingerprint density at radius 2 is 1.70 bits per heavy atom. The Hall–Kier alpha value is -5.76. The lowest BCUT2D eigenvalue weighted by molar-refractivity contribution is -0.394. The zero-order valence-electron chi connectivity index (χ0n) is 21.7. The van der Waals surface area contributed by atoms with E-state index in [1.807, 2.05) is 55.7 Å². The summed E-state index contributed by atoms with van der Waals surface area (Å²) in [4.78, 5) is 33.7. The number of ether oxygens (including phenoxy) is 1. The number of nitro benzene ring substituents is 2. The molecule has 0 fully saturated rings. The van der Waals surface area contributed by atoms with E-state index in [0.717, 1.165) is 34.8 Å². The maximum Gasteiger partial charge on any atom is 0.318 e. The monoisotopic (exact) mass is 537 g/mol. The third kappa shape index (κ3) is 5.87. The number of aryl methyl sites for hydroxylation is 2. The van der Waals surface area contributed by atoms with Crippen molar-refractivity contribution in [2.24, 2.45) is 0 Å². The minimum atomic E-state index is -0.741. The number of carbonyl (C=O) groups excluding carboxylic acids is 1. The van der Waals surface area contributed by atoms with Crippen molar-refractivity contribution in [3.63, 3.8) is 0 Å². The maximum atomic E-state index is 12.7. The number of benzene rings is 3. The number of hydrogen-bond acceptors (Lipinski definition) is 7. The molecule has 0 saturated heterocycles. The van der Waals surface area contributed by atoms with E-state index in [4.69, 9.17) is 4.74 Å². The van der Waals surface area contributed by atoms with E-state index in [2.05, 4.69) is 5.32 Å². The van der Waals surface area contributed by atoms with E-state index in [9.17, 15) is 30.3 Å². The molecule has 1 aromatic heterocycles. The van der Waals surface area contributed by atoms with Gasteiger partial charge in [0.25, 0.3) is 11.6 Å². The van der Waals surface area contributed by atoms with Gasteiger partial charge in [-0.2, -0.15) is 5.26 Å². The predicted octanol–water partition coefficient (Wildman–Crippen LogP) is 6.56. The summed E-state index contributed by atoms with van der Waals surface area (Å²) in [7, 11) is 0. The first-order valence-corrected chi connectivity index (χ1v) is 12.0.